The second kappa shape index (κ2) is 3.10. The Kier molecular flexibility index (Phi) is 2.07. The molecule has 4 heteroatoms. The largest absolute Gasteiger partial charge is 0.330 e. The van der Waals surface area contributed by atoms with Crippen LogP contribution in [0.1, 0.15) is 31.4 Å². The molecule has 1 heterocycles. The molecule has 0 aromatic carbocycles. The van der Waals surface area contributed by atoms with Crippen LogP contribution in [-0.4, -0.2) is 21.5 Å². The first-order chi connectivity index (χ1) is 6.27. The molecule has 1 aromatic heterocycles. The highest BCUT2D eigenvalue weighted by atomic mass is 15.4. The van der Waals surface area contributed by atoms with Crippen molar-refractivity contribution < 1.29 is 0 Å². The van der Waals surface area contributed by atoms with E-state index < -0.39 is 0 Å². The van der Waals surface area contributed by atoms with Crippen LogP contribution in [0.2, 0.25) is 0 Å². The third-order valence-corrected chi connectivity index (χ3v) is 3.10. The first kappa shape index (κ1) is 8.69. The fourth-order valence-corrected chi connectivity index (χ4v) is 2.21. The molecule has 4 nitrogen and oxygen atoms in total. The summed E-state index contributed by atoms with van der Waals surface area (Å²) in [6, 6.07) is 0. The van der Waals surface area contributed by atoms with Gasteiger partial charge in [-0.15, -0.1) is 5.10 Å². The van der Waals surface area contributed by atoms with Gasteiger partial charge in [-0.2, -0.15) is 0 Å². The van der Waals surface area contributed by atoms with Gasteiger partial charge in [0.05, 0.1) is 5.69 Å². The lowest BCUT2D eigenvalue weighted by molar-refractivity contribution is 0.438. The van der Waals surface area contributed by atoms with Gasteiger partial charge in [0, 0.05) is 25.2 Å². The number of aryl methyl sites for hydroxylation is 1. The molecule has 2 rings (SSSR count). The van der Waals surface area contributed by atoms with E-state index in [1.165, 1.54) is 25.7 Å². The molecule has 1 fully saturated rings. The SMILES string of the molecule is Cn1cc(C2(CN)CCCC2)nn1. The third kappa shape index (κ3) is 1.35. The number of nitrogens with zero attached hydrogens (tertiary/aromatic N) is 3. The van der Waals surface area contributed by atoms with Crippen LogP contribution in [0.4, 0.5) is 0 Å². The highest BCUT2D eigenvalue weighted by Crippen LogP contribution is 2.38. The van der Waals surface area contributed by atoms with Gasteiger partial charge in [0.1, 0.15) is 0 Å². The maximum atomic E-state index is 5.83. The second-order valence-electron chi connectivity index (χ2n) is 3.97. The van der Waals surface area contributed by atoms with Gasteiger partial charge in [-0.1, -0.05) is 18.1 Å². The van der Waals surface area contributed by atoms with Gasteiger partial charge in [-0.05, 0) is 12.8 Å². The lowest BCUT2D eigenvalue weighted by Gasteiger charge is -2.23. The zero-order valence-corrected chi connectivity index (χ0v) is 8.03. The van der Waals surface area contributed by atoms with E-state index in [0.717, 1.165) is 5.69 Å². The Morgan fingerprint density at radius 2 is 2.23 bits per heavy atom. The number of nitrogens with two attached hydrogens (primary N) is 1. The lowest BCUT2D eigenvalue weighted by Crippen LogP contribution is -2.32. The van der Waals surface area contributed by atoms with E-state index in [1.807, 2.05) is 13.2 Å². The van der Waals surface area contributed by atoms with Crippen LogP contribution in [0.25, 0.3) is 0 Å². The predicted molar refractivity (Wildman–Crippen MR) is 50.2 cm³/mol. The number of hydrogen-bond donors (Lipinski definition) is 1. The third-order valence-electron chi connectivity index (χ3n) is 3.10. The maximum Gasteiger partial charge on any atom is 0.0901 e. The van der Waals surface area contributed by atoms with Crippen molar-refractivity contribution in [3.8, 4) is 0 Å². The standard InChI is InChI=1S/C9H16N4/c1-13-6-8(11-12-13)9(7-10)4-2-3-5-9/h6H,2-5,7,10H2,1H3. The van der Waals surface area contributed by atoms with E-state index in [1.54, 1.807) is 4.68 Å². The van der Waals surface area contributed by atoms with Gasteiger partial charge in [0.25, 0.3) is 0 Å². The van der Waals surface area contributed by atoms with Crippen molar-refractivity contribution in [2.75, 3.05) is 6.54 Å². The minimum atomic E-state index is 0.133. The van der Waals surface area contributed by atoms with Crippen molar-refractivity contribution in [1.82, 2.24) is 15.0 Å². The molecule has 0 atom stereocenters. The normalized spacial score (nSPS) is 20.8. The molecule has 0 unspecified atom stereocenters. The van der Waals surface area contributed by atoms with E-state index in [-0.39, 0.29) is 5.41 Å². The monoisotopic (exact) mass is 180 g/mol. The molecule has 1 aliphatic rings. The van der Waals surface area contributed by atoms with Crippen LogP contribution in [0.3, 0.4) is 0 Å². The Balaban J connectivity index is 2.30. The summed E-state index contributed by atoms with van der Waals surface area (Å²) in [5.41, 5.74) is 7.04. The summed E-state index contributed by atoms with van der Waals surface area (Å²) in [7, 11) is 1.90. The first-order valence-corrected chi connectivity index (χ1v) is 4.84. The molecule has 1 aromatic rings. The molecule has 13 heavy (non-hydrogen) atoms. The van der Waals surface area contributed by atoms with Gasteiger partial charge in [0.2, 0.25) is 0 Å². The highest BCUT2D eigenvalue weighted by molar-refractivity contribution is 5.15. The summed E-state index contributed by atoms with van der Waals surface area (Å²) in [6.45, 7) is 0.700. The Bertz CT molecular complexity index is 286. The van der Waals surface area contributed by atoms with Crippen LogP contribution in [0, 0.1) is 0 Å². The highest BCUT2D eigenvalue weighted by Gasteiger charge is 2.36. The fraction of sp³-hybridized carbons (Fsp3) is 0.778. The fourth-order valence-electron chi connectivity index (χ4n) is 2.21. The summed E-state index contributed by atoms with van der Waals surface area (Å²) >= 11 is 0. The molecular formula is C9H16N4. The van der Waals surface area contributed by atoms with Crippen LogP contribution < -0.4 is 5.73 Å². The molecule has 2 N–H and O–H groups in total. The Morgan fingerprint density at radius 1 is 1.54 bits per heavy atom. The summed E-state index contributed by atoms with van der Waals surface area (Å²) in [4.78, 5) is 0. The molecule has 0 radical (unpaired) electrons. The number of hydrogen-bond acceptors (Lipinski definition) is 3. The van der Waals surface area contributed by atoms with Gasteiger partial charge in [-0.3, -0.25) is 4.68 Å². The molecule has 72 valence electrons. The molecule has 0 spiro atoms. The van der Waals surface area contributed by atoms with Crippen LogP contribution in [0.15, 0.2) is 6.20 Å². The van der Waals surface area contributed by atoms with Crippen LogP contribution >= 0.6 is 0 Å². The van der Waals surface area contributed by atoms with E-state index in [9.17, 15) is 0 Å². The van der Waals surface area contributed by atoms with Crippen molar-refractivity contribution in [2.45, 2.75) is 31.1 Å². The van der Waals surface area contributed by atoms with Crippen LogP contribution in [0.5, 0.6) is 0 Å². The van der Waals surface area contributed by atoms with Gasteiger partial charge < -0.3 is 5.73 Å². The number of aromatic nitrogens is 3. The summed E-state index contributed by atoms with van der Waals surface area (Å²) < 4.78 is 1.76. The smallest absolute Gasteiger partial charge is 0.0901 e. The second-order valence-corrected chi connectivity index (χ2v) is 3.97. The molecule has 1 aliphatic carbocycles. The van der Waals surface area contributed by atoms with E-state index in [2.05, 4.69) is 10.3 Å². The Labute approximate surface area is 78.1 Å². The van der Waals surface area contributed by atoms with Crippen molar-refractivity contribution in [2.24, 2.45) is 12.8 Å². The first-order valence-electron chi connectivity index (χ1n) is 4.84. The molecule has 1 saturated carbocycles. The van der Waals surface area contributed by atoms with Gasteiger partial charge in [-0.25, -0.2) is 0 Å². The van der Waals surface area contributed by atoms with Gasteiger partial charge >= 0.3 is 0 Å². The zero-order chi connectivity index (χ0) is 9.31. The maximum absolute atomic E-state index is 5.83. The average Bonchev–Trinajstić information content (AvgIpc) is 2.73. The molecule has 0 aliphatic heterocycles. The molecular weight excluding hydrogens is 164 g/mol. The summed E-state index contributed by atoms with van der Waals surface area (Å²) in [6.07, 6.45) is 6.88. The van der Waals surface area contributed by atoms with E-state index in [4.69, 9.17) is 5.73 Å². The Hall–Kier alpha value is -0.900. The minimum Gasteiger partial charge on any atom is -0.330 e. The van der Waals surface area contributed by atoms with E-state index >= 15 is 0 Å². The van der Waals surface area contributed by atoms with E-state index in [0.29, 0.717) is 6.54 Å². The van der Waals surface area contributed by atoms with Crippen molar-refractivity contribution >= 4 is 0 Å². The van der Waals surface area contributed by atoms with Gasteiger partial charge in [0.15, 0.2) is 0 Å². The lowest BCUT2D eigenvalue weighted by atomic mass is 9.83. The van der Waals surface area contributed by atoms with Crippen molar-refractivity contribution in [3.05, 3.63) is 11.9 Å². The summed E-state index contributed by atoms with van der Waals surface area (Å²) in [5.74, 6) is 0. The predicted octanol–water partition coefficient (Wildman–Crippen LogP) is 0.586. The van der Waals surface area contributed by atoms with Crippen LogP contribution in [-0.2, 0) is 12.5 Å². The average molecular weight is 180 g/mol. The topological polar surface area (TPSA) is 56.7 Å². The summed E-state index contributed by atoms with van der Waals surface area (Å²) in [5, 5.41) is 8.14. The Morgan fingerprint density at radius 3 is 2.69 bits per heavy atom. The van der Waals surface area contributed by atoms with Crippen molar-refractivity contribution in [1.29, 1.82) is 0 Å². The number of rotatable bonds is 2. The minimum absolute atomic E-state index is 0.133. The zero-order valence-electron chi connectivity index (χ0n) is 8.03. The van der Waals surface area contributed by atoms with Crippen molar-refractivity contribution in [3.63, 3.8) is 0 Å². The quantitative estimate of drug-likeness (QED) is 0.724. The molecule has 0 saturated heterocycles. The molecule has 0 amide bonds. The molecule has 0 bridgehead atoms.